The number of rotatable bonds is 5. The van der Waals surface area contributed by atoms with Gasteiger partial charge >= 0.3 is 0 Å². The highest BCUT2D eigenvalue weighted by atomic mass is 32.1. The Morgan fingerprint density at radius 2 is 1.75 bits per heavy atom. The van der Waals surface area contributed by atoms with Crippen LogP contribution in [-0.2, 0) is 7.05 Å². The molecule has 0 saturated heterocycles. The molecule has 6 rings (SSSR count). The molecule has 0 spiro atoms. The third-order valence-corrected chi connectivity index (χ3v) is 7.50. The Bertz CT molecular complexity index is 2020. The maximum absolute atomic E-state index is 14.0. The van der Waals surface area contributed by atoms with E-state index in [2.05, 4.69) is 15.0 Å². The van der Waals surface area contributed by atoms with Crippen LogP contribution < -0.4 is 16.2 Å². The maximum Gasteiger partial charge on any atom is 0.276 e. The number of amides is 1. The maximum atomic E-state index is 14.0. The van der Waals surface area contributed by atoms with Gasteiger partial charge in [0.05, 0.1) is 27.1 Å². The first-order chi connectivity index (χ1) is 19.3. The van der Waals surface area contributed by atoms with Crippen molar-refractivity contribution in [1.82, 2.24) is 18.9 Å². The van der Waals surface area contributed by atoms with Crippen LogP contribution in [0.15, 0.2) is 77.7 Å². The lowest BCUT2D eigenvalue weighted by Gasteiger charge is -2.15. The Balaban J connectivity index is 1.46. The zero-order valence-corrected chi connectivity index (χ0v) is 22.6. The van der Waals surface area contributed by atoms with Gasteiger partial charge in [-0.1, -0.05) is 18.2 Å². The normalized spacial score (nSPS) is 11.2. The van der Waals surface area contributed by atoms with E-state index in [1.165, 1.54) is 16.7 Å². The molecule has 4 heterocycles. The first-order valence-corrected chi connectivity index (χ1v) is 13.2. The molecule has 0 saturated carbocycles. The zero-order valence-electron chi connectivity index (χ0n) is 21.8. The Morgan fingerprint density at radius 1 is 0.925 bits per heavy atom. The molecule has 4 aromatic heterocycles. The summed E-state index contributed by atoms with van der Waals surface area (Å²) in [5.41, 5.74) is 5.69. The summed E-state index contributed by atoms with van der Waals surface area (Å²) in [5.74, 6) is -0.508. The Hall–Kier alpha value is -4.96. The molecule has 8 nitrogen and oxygen atoms in total. The van der Waals surface area contributed by atoms with Gasteiger partial charge in [0.15, 0.2) is 5.82 Å². The third-order valence-electron chi connectivity index (χ3n) is 6.68. The molecule has 1 amide bonds. The van der Waals surface area contributed by atoms with E-state index < -0.39 is 11.7 Å². The van der Waals surface area contributed by atoms with Crippen molar-refractivity contribution in [3.63, 3.8) is 0 Å². The van der Waals surface area contributed by atoms with Crippen molar-refractivity contribution in [2.24, 2.45) is 7.05 Å². The van der Waals surface area contributed by atoms with E-state index in [9.17, 15) is 14.0 Å². The number of anilines is 3. The number of halogens is 1. The summed E-state index contributed by atoms with van der Waals surface area (Å²) < 4.78 is 20.5. The van der Waals surface area contributed by atoms with E-state index in [-0.39, 0.29) is 11.3 Å². The van der Waals surface area contributed by atoms with Gasteiger partial charge in [-0.2, -0.15) is 4.37 Å². The molecule has 0 aliphatic rings. The quantitative estimate of drug-likeness (QED) is 0.259. The van der Waals surface area contributed by atoms with Crippen LogP contribution in [-0.4, -0.2) is 24.8 Å². The van der Waals surface area contributed by atoms with Crippen molar-refractivity contribution in [3.05, 3.63) is 106 Å². The SMILES string of the molecule is Cc1ccccc1Nc1nc2ccc(-c3cn(C)c(=O)cc3C)nc2cc1NC(=O)c1nsc2ccc(F)cc12. The van der Waals surface area contributed by atoms with Gasteiger partial charge in [0.2, 0.25) is 0 Å². The average molecular weight is 551 g/mol. The van der Waals surface area contributed by atoms with Gasteiger partial charge in [-0.05, 0) is 79.0 Å². The molecule has 198 valence electrons. The highest BCUT2D eigenvalue weighted by Crippen LogP contribution is 2.32. The van der Waals surface area contributed by atoms with Crippen molar-refractivity contribution < 1.29 is 9.18 Å². The second kappa shape index (κ2) is 9.97. The van der Waals surface area contributed by atoms with Crippen LogP contribution in [0.4, 0.5) is 21.6 Å². The molecule has 6 aromatic rings. The van der Waals surface area contributed by atoms with Crippen LogP contribution in [0, 0.1) is 19.7 Å². The van der Waals surface area contributed by atoms with Crippen LogP contribution in [0.5, 0.6) is 0 Å². The number of pyridine rings is 3. The standard InChI is InChI=1S/C30H23FN6O2S/c1-16-6-4-5-7-21(16)33-29-25(35-30(39)28-19-13-18(31)8-11-26(19)40-36-28)14-24-23(34-29)10-9-22(32-24)20-15-37(3)27(38)12-17(20)2/h4-15H,1-3H3,(H,33,34)(H,35,39). The molecule has 2 N–H and O–H groups in total. The molecule has 0 radical (unpaired) electrons. The summed E-state index contributed by atoms with van der Waals surface area (Å²) in [5, 5.41) is 6.69. The topological polar surface area (TPSA) is 102 Å². The van der Waals surface area contributed by atoms with Gasteiger partial charge < -0.3 is 15.2 Å². The summed E-state index contributed by atoms with van der Waals surface area (Å²) >= 11 is 1.13. The summed E-state index contributed by atoms with van der Waals surface area (Å²) in [4.78, 5) is 35.1. The minimum absolute atomic E-state index is 0.102. The molecule has 0 atom stereocenters. The third kappa shape index (κ3) is 4.69. The van der Waals surface area contributed by atoms with E-state index in [0.29, 0.717) is 38.3 Å². The van der Waals surface area contributed by atoms with E-state index in [1.807, 2.05) is 50.2 Å². The molecule has 0 bridgehead atoms. The molecule has 40 heavy (non-hydrogen) atoms. The number of fused-ring (bicyclic) bond motifs is 2. The van der Waals surface area contributed by atoms with E-state index >= 15 is 0 Å². The molecule has 2 aromatic carbocycles. The van der Waals surface area contributed by atoms with Crippen molar-refractivity contribution in [2.45, 2.75) is 13.8 Å². The second-order valence-corrected chi connectivity index (χ2v) is 10.3. The molecule has 0 unspecified atom stereocenters. The van der Waals surface area contributed by atoms with Crippen molar-refractivity contribution in [3.8, 4) is 11.3 Å². The number of carbonyl (C=O) groups excluding carboxylic acids is 1. The number of benzene rings is 2. The van der Waals surface area contributed by atoms with E-state index in [4.69, 9.17) is 9.97 Å². The predicted octanol–water partition coefficient (Wildman–Crippen LogP) is 6.36. The summed E-state index contributed by atoms with van der Waals surface area (Å²) in [7, 11) is 1.69. The lowest BCUT2D eigenvalue weighted by atomic mass is 10.1. The fourth-order valence-electron chi connectivity index (χ4n) is 4.48. The lowest BCUT2D eigenvalue weighted by Crippen LogP contribution is -2.16. The van der Waals surface area contributed by atoms with Gasteiger partial charge in [0.1, 0.15) is 11.5 Å². The molecule has 0 aliphatic carbocycles. The largest absolute Gasteiger partial charge is 0.338 e. The Morgan fingerprint density at radius 3 is 2.58 bits per heavy atom. The van der Waals surface area contributed by atoms with Gasteiger partial charge in [0, 0.05) is 35.9 Å². The number of nitrogens with one attached hydrogen (secondary N) is 2. The minimum Gasteiger partial charge on any atom is -0.338 e. The average Bonchev–Trinajstić information content (AvgIpc) is 3.35. The first kappa shape index (κ1) is 25.3. The number of aryl methyl sites for hydroxylation is 3. The number of aromatic nitrogens is 4. The number of carbonyl (C=O) groups is 1. The monoisotopic (exact) mass is 550 g/mol. The summed E-state index contributed by atoms with van der Waals surface area (Å²) in [6, 6.07) is 19.0. The molecule has 10 heteroatoms. The van der Waals surface area contributed by atoms with Crippen molar-refractivity contribution in [2.75, 3.05) is 10.6 Å². The van der Waals surface area contributed by atoms with Gasteiger partial charge in [-0.3, -0.25) is 9.59 Å². The fourth-order valence-corrected chi connectivity index (χ4v) is 5.24. The van der Waals surface area contributed by atoms with E-state index in [1.54, 1.807) is 31.4 Å². The predicted molar refractivity (Wildman–Crippen MR) is 157 cm³/mol. The molecule has 0 aliphatic heterocycles. The van der Waals surface area contributed by atoms with Crippen LogP contribution >= 0.6 is 11.5 Å². The van der Waals surface area contributed by atoms with Crippen LogP contribution in [0.2, 0.25) is 0 Å². The fraction of sp³-hybridized carbons (Fsp3) is 0.100. The number of nitrogens with zero attached hydrogens (tertiary/aromatic N) is 4. The molecular formula is C30H23FN6O2S. The number of hydrogen-bond acceptors (Lipinski definition) is 7. The van der Waals surface area contributed by atoms with Crippen molar-refractivity contribution >= 4 is 55.8 Å². The van der Waals surface area contributed by atoms with Crippen LogP contribution in [0.3, 0.4) is 0 Å². The highest BCUT2D eigenvalue weighted by molar-refractivity contribution is 7.13. The van der Waals surface area contributed by atoms with Crippen molar-refractivity contribution in [1.29, 1.82) is 0 Å². The Labute approximate surface area is 232 Å². The van der Waals surface area contributed by atoms with Crippen LogP contribution in [0.1, 0.15) is 21.6 Å². The summed E-state index contributed by atoms with van der Waals surface area (Å²) in [6.07, 6.45) is 1.75. The highest BCUT2D eigenvalue weighted by Gasteiger charge is 2.19. The van der Waals surface area contributed by atoms with Gasteiger partial charge in [-0.15, -0.1) is 0 Å². The summed E-state index contributed by atoms with van der Waals surface area (Å²) in [6.45, 7) is 3.84. The molecular weight excluding hydrogens is 527 g/mol. The van der Waals surface area contributed by atoms with Gasteiger partial charge in [0.25, 0.3) is 11.5 Å². The first-order valence-electron chi connectivity index (χ1n) is 12.5. The van der Waals surface area contributed by atoms with E-state index in [0.717, 1.165) is 33.9 Å². The molecule has 0 fully saturated rings. The van der Waals surface area contributed by atoms with Gasteiger partial charge in [-0.25, -0.2) is 14.4 Å². The number of para-hydroxylation sites is 1. The lowest BCUT2D eigenvalue weighted by molar-refractivity contribution is 0.102. The number of hydrogen-bond donors (Lipinski definition) is 2. The smallest absolute Gasteiger partial charge is 0.276 e. The minimum atomic E-state index is -0.490. The second-order valence-electron chi connectivity index (χ2n) is 9.50. The zero-order chi connectivity index (χ0) is 28.0. The Kier molecular flexibility index (Phi) is 6.31. The van der Waals surface area contributed by atoms with Crippen LogP contribution in [0.25, 0.3) is 32.4 Å².